The molecule has 348 valence electrons. The summed E-state index contributed by atoms with van der Waals surface area (Å²) in [5.74, 6) is 0.830. The average molecular weight is 905 g/mol. The number of hydrogen-bond acceptors (Lipinski definition) is 8. The highest BCUT2D eigenvalue weighted by molar-refractivity contribution is 6.74. The SMILES string of the molecule is CC(C)(C)OC(=O)NC1CCC(N(C(=O)O)c2ccc(CCCCOc3ccc(CNC[C@H](O[Si](C)(C)C(C)(C)C)c4ccc(O)c5[nH]c(=O)ccc45)cc3)cc2-c2ccccc2)CC1. The minimum Gasteiger partial charge on any atom is -0.506 e. The van der Waals surface area contributed by atoms with Crippen LogP contribution in [0.5, 0.6) is 11.5 Å². The molecular weight excluding hydrogens is 837 g/mol. The maximum atomic E-state index is 12.9. The molecule has 1 saturated carbocycles. The van der Waals surface area contributed by atoms with Crippen LogP contribution in [0, 0.1) is 0 Å². The van der Waals surface area contributed by atoms with Crippen LogP contribution in [0.4, 0.5) is 15.3 Å². The highest BCUT2D eigenvalue weighted by Crippen LogP contribution is 2.41. The van der Waals surface area contributed by atoms with Gasteiger partial charge in [-0.05, 0) is 143 Å². The number of aromatic nitrogens is 1. The largest absolute Gasteiger partial charge is 0.506 e. The zero-order valence-corrected chi connectivity index (χ0v) is 40.3. The molecular formula is C52H68N4O8Si. The fourth-order valence-corrected chi connectivity index (χ4v) is 9.44. The Hall–Kier alpha value is -5.63. The maximum Gasteiger partial charge on any atom is 0.412 e. The molecule has 0 spiro atoms. The number of carboxylic acid groups (broad SMARTS) is 1. The first-order chi connectivity index (χ1) is 30.8. The molecule has 0 unspecified atom stereocenters. The number of phenols is 1. The van der Waals surface area contributed by atoms with Crippen molar-refractivity contribution >= 4 is 37.1 Å². The number of nitrogens with zero attached hydrogens (tertiary/aromatic N) is 1. The zero-order chi connectivity index (χ0) is 46.9. The van der Waals surface area contributed by atoms with Crippen molar-refractivity contribution in [3.63, 3.8) is 0 Å². The molecule has 1 aromatic heterocycles. The number of ether oxygens (including phenoxy) is 2. The van der Waals surface area contributed by atoms with Crippen molar-refractivity contribution < 1.29 is 33.7 Å². The van der Waals surface area contributed by atoms with Gasteiger partial charge in [-0.1, -0.05) is 75.4 Å². The second kappa shape index (κ2) is 21.1. The monoisotopic (exact) mass is 904 g/mol. The van der Waals surface area contributed by atoms with Gasteiger partial charge < -0.3 is 39.7 Å². The van der Waals surface area contributed by atoms with Crippen LogP contribution in [-0.2, 0) is 22.1 Å². The van der Waals surface area contributed by atoms with Crippen LogP contribution in [-0.4, -0.2) is 66.5 Å². The molecule has 4 aromatic carbocycles. The number of aryl methyl sites for hydroxylation is 1. The molecule has 2 amide bonds. The summed E-state index contributed by atoms with van der Waals surface area (Å²) in [6, 6.07) is 30.6. The molecule has 0 aliphatic heterocycles. The third-order valence-electron chi connectivity index (χ3n) is 12.6. The normalized spacial score (nSPS) is 16.2. The number of carbonyl (C=O) groups is 2. The van der Waals surface area contributed by atoms with E-state index in [0.29, 0.717) is 56.6 Å². The van der Waals surface area contributed by atoms with Gasteiger partial charge in [0.15, 0.2) is 8.32 Å². The number of amides is 2. The molecule has 1 heterocycles. The number of phenolic OH excluding ortho intramolecular Hbond substituents is 1. The van der Waals surface area contributed by atoms with E-state index < -0.39 is 26.1 Å². The number of aromatic amines is 1. The van der Waals surface area contributed by atoms with Gasteiger partial charge in [-0.2, -0.15) is 0 Å². The minimum absolute atomic E-state index is 0.0154. The summed E-state index contributed by atoms with van der Waals surface area (Å²) in [6.45, 7) is 18.3. The number of unbranched alkanes of at least 4 members (excludes halogenated alkanes) is 1. The Morgan fingerprint density at radius 2 is 1.55 bits per heavy atom. The third-order valence-corrected chi connectivity index (χ3v) is 17.1. The number of anilines is 1. The lowest BCUT2D eigenvalue weighted by atomic mass is 9.89. The molecule has 6 rings (SSSR count). The molecule has 0 saturated heterocycles. The van der Waals surface area contributed by atoms with Crippen LogP contribution in [0.25, 0.3) is 22.0 Å². The van der Waals surface area contributed by atoms with E-state index in [1.807, 2.05) is 81.4 Å². The number of rotatable bonds is 17. The fraction of sp³-hybridized carbons (Fsp3) is 0.442. The van der Waals surface area contributed by atoms with Crippen molar-refractivity contribution in [3.8, 4) is 22.6 Å². The smallest absolute Gasteiger partial charge is 0.412 e. The average Bonchev–Trinajstić information content (AvgIpc) is 3.24. The molecule has 65 heavy (non-hydrogen) atoms. The van der Waals surface area contributed by atoms with E-state index in [2.05, 4.69) is 67.7 Å². The zero-order valence-electron chi connectivity index (χ0n) is 39.3. The second-order valence-corrected chi connectivity index (χ2v) is 24.5. The van der Waals surface area contributed by atoms with Crippen LogP contribution in [0.3, 0.4) is 0 Å². The Balaban J connectivity index is 1.02. The van der Waals surface area contributed by atoms with E-state index in [1.54, 1.807) is 12.1 Å². The molecule has 0 radical (unpaired) electrons. The van der Waals surface area contributed by atoms with Crippen LogP contribution in [0.2, 0.25) is 18.1 Å². The predicted molar refractivity (Wildman–Crippen MR) is 262 cm³/mol. The molecule has 12 nitrogen and oxygen atoms in total. The lowest BCUT2D eigenvalue weighted by molar-refractivity contribution is 0.0490. The van der Waals surface area contributed by atoms with Crippen LogP contribution in [0.1, 0.15) is 103 Å². The molecule has 13 heteroatoms. The van der Waals surface area contributed by atoms with Gasteiger partial charge in [-0.15, -0.1) is 0 Å². The number of nitrogens with one attached hydrogen (secondary N) is 3. The number of pyridine rings is 1. The first-order valence-corrected chi connectivity index (χ1v) is 25.8. The number of aromatic hydroxyl groups is 1. The van der Waals surface area contributed by atoms with E-state index in [4.69, 9.17) is 13.9 Å². The quantitative estimate of drug-likeness (QED) is 0.0451. The summed E-state index contributed by atoms with van der Waals surface area (Å²) >= 11 is 0. The lowest BCUT2D eigenvalue weighted by Crippen LogP contribution is -2.47. The molecule has 0 bridgehead atoms. The Labute approximate surface area is 384 Å². The van der Waals surface area contributed by atoms with E-state index >= 15 is 0 Å². The number of hydrogen-bond donors (Lipinski definition) is 5. The van der Waals surface area contributed by atoms with Gasteiger partial charge in [0.2, 0.25) is 5.56 Å². The Kier molecular flexibility index (Phi) is 15.9. The summed E-state index contributed by atoms with van der Waals surface area (Å²) in [7, 11) is -2.21. The van der Waals surface area contributed by atoms with Gasteiger partial charge in [-0.25, -0.2) is 9.59 Å². The van der Waals surface area contributed by atoms with Gasteiger partial charge in [0.1, 0.15) is 17.1 Å². The van der Waals surface area contributed by atoms with Crippen LogP contribution < -0.4 is 25.8 Å². The van der Waals surface area contributed by atoms with Gasteiger partial charge in [0, 0.05) is 42.2 Å². The maximum absolute atomic E-state index is 12.9. The molecule has 5 aromatic rings. The Morgan fingerprint density at radius 3 is 2.22 bits per heavy atom. The van der Waals surface area contributed by atoms with Crippen LogP contribution in [0.15, 0.2) is 102 Å². The first-order valence-electron chi connectivity index (χ1n) is 22.9. The van der Waals surface area contributed by atoms with Crippen molar-refractivity contribution in [2.75, 3.05) is 18.1 Å². The molecule has 1 aliphatic rings. The predicted octanol–water partition coefficient (Wildman–Crippen LogP) is 11.5. The summed E-state index contributed by atoms with van der Waals surface area (Å²) in [5.41, 5.74) is 5.21. The van der Waals surface area contributed by atoms with Crippen molar-refractivity contribution in [1.82, 2.24) is 15.6 Å². The van der Waals surface area contributed by atoms with Crippen molar-refractivity contribution in [2.24, 2.45) is 0 Å². The van der Waals surface area contributed by atoms with E-state index in [0.717, 1.165) is 58.2 Å². The molecule has 1 fully saturated rings. The number of fused-ring (bicyclic) bond motifs is 1. The summed E-state index contributed by atoms with van der Waals surface area (Å²) in [6.07, 6.45) is 3.42. The highest BCUT2D eigenvalue weighted by Gasteiger charge is 2.40. The van der Waals surface area contributed by atoms with Crippen LogP contribution >= 0.6 is 0 Å². The summed E-state index contributed by atoms with van der Waals surface area (Å²) in [5, 5.41) is 28.4. The van der Waals surface area contributed by atoms with Crippen molar-refractivity contribution in [3.05, 3.63) is 124 Å². The first kappa shape index (κ1) is 48.8. The summed E-state index contributed by atoms with van der Waals surface area (Å²) in [4.78, 5) is 41.7. The Morgan fingerprint density at radius 1 is 0.862 bits per heavy atom. The molecule has 1 atom stereocenters. The number of carbonyl (C=O) groups excluding carboxylic acids is 1. The van der Waals surface area contributed by atoms with Gasteiger partial charge in [-0.3, -0.25) is 9.69 Å². The standard InChI is InChI=1S/C52H68N4O8Si/c1-51(2,3)63-49(59)54-38-20-22-39(23-21-38)56(50(60)61)44-28-19-35(32-43(44)37-15-10-9-11-16-37)14-12-13-31-62-40-24-17-36(18-25-40)33-53-34-46(64-65(7,8)52(4,5)6)41-26-29-45(57)48-42(41)27-30-47(58)55-48/h9-11,15-19,24-30,32,38-39,46,53,57H,12-14,20-23,31,33-34H2,1-8H3,(H,54,59)(H,55,58)(H,60,61)/t38?,39?,46-/m0/s1. The summed E-state index contributed by atoms with van der Waals surface area (Å²) < 4.78 is 18.5. The van der Waals surface area contributed by atoms with Gasteiger partial charge in [0.05, 0.1) is 23.9 Å². The van der Waals surface area contributed by atoms with Crippen molar-refractivity contribution in [1.29, 1.82) is 0 Å². The van der Waals surface area contributed by atoms with E-state index in [-0.39, 0.29) is 34.5 Å². The number of alkyl carbamates (subject to hydrolysis) is 1. The topological polar surface area (TPSA) is 162 Å². The fourth-order valence-electron chi connectivity index (χ4n) is 8.17. The lowest BCUT2D eigenvalue weighted by Gasteiger charge is -2.39. The highest BCUT2D eigenvalue weighted by atomic mass is 28.4. The number of benzene rings is 4. The minimum atomic E-state index is -2.21. The Bertz CT molecular complexity index is 2430. The van der Waals surface area contributed by atoms with E-state index in [1.165, 1.54) is 11.0 Å². The van der Waals surface area contributed by atoms with Crippen molar-refractivity contribution in [2.45, 2.75) is 135 Å². The second-order valence-electron chi connectivity index (χ2n) is 19.8. The van der Waals surface area contributed by atoms with Gasteiger partial charge in [0.25, 0.3) is 0 Å². The molecule has 5 N–H and O–H groups in total. The molecule has 1 aliphatic carbocycles. The van der Waals surface area contributed by atoms with Gasteiger partial charge >= 0.3 is 12.2 Å². The van der Waals surface area contributed by atoms with E-state index in [9.17, 15) is 24.6 Å². The number of H-pyrrole nitrogens is 1. The third kappa shape index (κ3) is 13.2.